The van der Waals surface area contributed by atoms with Gasteiger partial charge in [0, 0.05) is 0 Å². The van der Waals surface area contributed by atoms with Crippen molar-refractivity contribution in [1.82, 2.24) is 0 Å². The zero-order valence-electron chi connectivity index (χ0n) is 6.47. The van der Waals surface area contributed by atoms with Gasteiger partial charge in [-0.1, -0.05) is 0 Å². The molecule has 56 valence electrons. The zero-order chi connectivity index (χ0) is 7.84. The molecule has 2 rings (SSSR count). The Balaban J connectivity index is 2.76. The molecule has 2 heterocycles. The Morgan fingerprint density at radius 3 is 2.91 bits per heavy atom. The van der Waals surface area contributed by atoms with Crippen molar-refractivity contribution in [3.63, 3.8) is 0 Å². The summed E-state index contributed by atoms with van der Waals surface area (Å²) in [5, 5.41) is 2.19. The molecule has 0 bridgehead atoms. The molecule has 2 aromatic heterocycles. The first-order valence-electron chi connectivity index (χ1n) is 3.47. The Kier molecular flexibility index (Phi) is 2.25. The van der Waals surface area contributed by atoms with Crippen LogP contribution in [0, 0.1) is 6.92 Å². The van der Waals surface area contributed by atoms with E-state index < -0.39 is 0 Å². The molecule has 2 aromatic rings. The second-order valence-corrected chi connectivity index (χ2v) is 8.28. The van der Waals surface area contributed by atoms with Crippen molar-refractivity contribution in [3.8, 4) is 0 Å². The molecule has 0 atom stereocenters. The van der Waals surface area contributed by atoms with Crippen LogP contribution in [0.15, 0.2) is 11.4 Å². The molecule has 0 N–H and O–H groups in total. The van der Waals surface area contributed by atoms with E-state index in [0.29, 0.717) is 0 Å². The summed E-state index contributed by atoms with van der Waals surface area (Å²) in [7, 11) is 0. The molecule has 0 aliphatic carbocycles. The van der Waals surface area contributed by atoms with Gasteiger partial charge >= 0.3 is 85.0 Å². The third-order valence-electron chi connectivity index (χ3n) is 1.75. The van der Waals surface area contributed by atoms with Gasteiger partial charge in [0.2, 0.25) is 0 Å². The minimum atomic E-state index is -0.193. The summed E-state index contributed by atoms with van der Waals surface area (Å²) in [6, 6.07) is 2.25. The third kappa shape index (κ3) is 1.25. The fourth-order valence-corrected chi connectivity index (χ4v) is 6.86. The first-order valence-corrected chi connectivity index (χ1v) is 9.45. The van der Waals surface area contributed by atoms with Gasteiger partial charge in [-0.3, -0.25) is 0 Å². The summed E-state index contributed by atoms with van der Waals surface area (Å²) < 4.78 is 4.76. The standard InChI is InChI=1S/C7H5S2.CH3.Sn/c1-5-4-9-6-2-3-8-7(5)6;;/h2-3H,1H3;1H3;. The van der Waals surface area contributed by atoms with Crippen LogP contribution in [-0.4, -0.2) is 21.1 Å². The zero-order valence-corrected chi connectivity index (χ0v) is 11.0. The van der Waals surface area contributed by atoms with E-state index in [2.05, 4.69) is 23.3 Å². The molecule has 0 saturated heterocycles. The Bertz CT molecular complexity index is 372. The van der Waals surface area contributed by atoms with E-state index in [1.54, 1.807) is 8.46 Å². The van der Waals surface area contributed by atoms with E-state index in [9.17, 15) is 0 Å². The summed E-state index contributed by atoms with van der Waals surface area (Å²) in [6.45, 7) is 2.27. The molecule has 0 aliphatic rings. The summed E-state index contributed by atoms with van der Waals surface area (Å²) >= 11 is 3.71. The maximum absolute atomic E-state index is 2.39. The van der Waals surface area contributed by atoms with E-state index >= 15 is 0 Å². The van der Waals surface area contributed by atoms with E-state index in [1.807, 2.05) is 22.7 Å². The minimum absolute atomic E-state index is 0.193. The summed E-state index contributed by atoms with van der Waals surface area (Å²) in [5.74, 6) is 0. The van der Waals surface area contributed by atoms with Crippen molar-refractivity contribution >= 4 is 56.1 Å². The molecule has 2 radical (unpaired) electrons. The van der Waals surface area contributed by atoms with E-state index in [1.165, 1.54) is 9.40 Å². The van der Waals surface area contributed by atoms with Gasteiger partial charge in [-0.05, 0) is 0 Å². The van der Waals surface area contributed by atoms with Gasteiger partial charge in [-0.25, -0.2) is 0 Å². The van der Waals surface area contributed by atoms with Crippen LogP contribution in [0.1, 0.15) is 5.56 Å². The predicted molar refractivity (Wildman–Crippen MR) is 55.7 cm³/mol. The average molecular weight is 287 g/mol. The van der Waals surface area contributed by atoms with Crippen molar-refractivity contribution < 1.29 is 0 Å². The summed E-state index contributed by atoms with van der Waals surface area (Å²) in [4.78, 5) is 2.39. The van der Waals surface area contributed by atoms with Crippen molar-refractivity contribution in [1.29, 1.82) is 0 Å². The first-order chi connectivity index (χ1) is 5.33. The van der Waals surface area contributed by atoms with Gasteiger partial charge in [0.05, 0.1) is 0 Å². The quantitative estimate of drug-likeness (QED) is 0.707. The molecule has 0 fully saturated rings. The van der Waals surface area contributed by atoms with E-state index in [-0.39, 0.29) is 21.1 Å². The second-order valence-electron chi connectivity index (χ2n) is 2.42. The molecule has 0 amide bonds. The number of hydrogen-bond donors (Lipinski definition) is 0. The van der Waals surface area contributed by atoms with Crippen LogP contribution in [0.5, 0.6) is 0 Å². The van der Waals surface area contributed by atoms with Gasteiger partial charge in [0.15, 0.2) is 0 Å². The summed E-state index contributed by atoms with van der Waals surface area (Å²) in [5.41, 5.74) is 1.58. The maximum atomic E-state index is 2.39. The topological polar surface area (TPSA) is 0 Å². The number of rotatable bonds is 1. The molecule has 0 spiro atoms. The van der Waals surface area contributed by atoms with Gasteiger partial charge in [-0.15, -0.1) is 0 Å². The van der Waals surface area contributed by atoms with Crippen molar-refractivity contribution in [2.24, 2.45) is 0 Å². The van der Waals surface area contributed by atoms with Crippen LogP contribution >= 0.6 is 22.7 Å². The predicted octanol–water partition coefficient (Wildman–Crippen LogP) is 2.65. The SMILES string of the molecule is [CH3][Sn][c]1sc2ccsc2c1C. The second kappa shape index (κ2) is 3.07. The Hall–Kier alpha value is 0.459. The molecule has 0 unspecified atom stereocenters. The average Bonchev–Trinajstić information content (AvgIpc) is 2.53. The molecular formula is C8H8S2Sn. The fraction of sp³-hybridized carbons (Fsp3) is 0.250. The van der Waals surface area contributed by atoms with Crippen LogP contribution in [0.25, 0.3) is 9.40 Å². The molecular weight excluding hydrogens is 279 g/mol. The molecule has 0 saturated carbocycles. The molecule has 3 heteroatoms. The molecule has 11 heavy (non-hydrogen) atoms. The number of thiophene rings is 2. The van der Waals surface area contributed by atoms with Gasteiger partial charge in [0.25, 0.3) is 0 Å². The Morgan fingerprint density at radius 1 is 1.45 bits per heavy atom. The third-order valence-corrected chi connectivity index (χ3v) is 8.59. The number of fused-ring (bicyclic) bond motifs is 1. The van der Waals surface area contributed by atoms with Crippen LogP contribution in [0.4, 0.5) is 0 Å². The summed E-state index contributed by atoms with van der Waals surface area (Å²) in [6.07, 6.45) is 0. The van der Waals surface area contributed by atoms with Gasteiger partial charge in [0.1, 0.15) is 0 Å². The number of hydrogen-bond acceptors (Lipinski definition) is 2. The Labute approximate surface area is 84.5 Å². The molecule has 0 aliphatic heterocycles. The van der Waals surface area contributed by atoms with Gasteiger partial charge in [-0.2, -0.15) is 0 Å². The van der Waals surface area contributed by atoms with Crippen LogP contribution in [0.2, 0.25) is 4.94 Å². The van der Waals surface area contributed by atoms with Crippen LogP contribution in [0.3, 0.4) is 0 Å². The van der Waals surface area contributed by atoms with Crippen LogP contribution in [-0.2, 0) is 0 Å². The van der Waals surface area contributed by atoms with E-state index in [4.69, 9.17) is 0 Å². The van der Waals surface area contributed by atoms with Gasteiger partial charge < -0.3 is 0 Å². The Morgan fingerprint density at radius 2 is 2.27 bits per heavy atom. The van der Waals surface area contributed by atoms with Crippen molar-refractivity contribution in [2.45, 2.75) is 11.9 Å². The normalized spacial score (nSPS) is 11.1. The monoisotopic (exact) mass is 288 g/mol. The van der Waals surface area contributed by atoms with E-state index in [0.717, 1.165) is 0 Å². The number of aryl methyl sites for hydroxylation is 1. The van der Waals surface area contributed by atoms with Crippen LogP contribution < -0.4 is 2.89 Å². The fourth-order valence-electron chi connectivity index (χ4n) is 1.18. The van der Waals surface area contributed by atoms with Crippen molar-refractivity contribution in [3.05, 3.63) is 17.0 Å². The van der Waals surface area contributed by atoms with Crippen molar-refractivity contribution in [2.75, 3.05) is 0 Å². The molecule has 0 nitrogen and oxygen atoms in total. The first kappa shape index (κ1) is 8.08. The molecule has 0 aromatic carbocycles.